The number of aliphatic hydroxyl groups is 1. The van der Waals surface area contributed by atoms with Gasteiger partial charge in [-0.3, -0.25) is 9.59 Å². The number of aliphatic carboxylic acids is 3. The summed E-state index contributed by atoms with van der Waals surface area (Å²) in [5.74, 6) is -5.02. The van der Waals surface area contributed by atoms with Crippen LogP contribution in [0.3, 0.4) is 0 Å². The molecule has 0 saturated carbocycles. The molecule has 0 atom stereocenters. The van der Waals surface area contributed by atoms with E-state index >= 15 is 0 Å². The normalized spacial score (nSPS) is 10.4. The zero-order valence-electron chi connectivity index (χ0n) is 8.07. The standard InChI is InChI=1S/C6H8O7.BrHO3/c7-3(8)1-6(13,5(11)12)2-4(9)10;2-1(3)4/h13H,1-2H2,(H,7,8)(H,9,10)(H,11,12);2H. The van der Waals surface area contributed by atoms with E-state index in [9.17, 15) is 14.4 Å². The summed E-state index contributed by atoms with van der Waals surface area (Å²) >= 11 is -3.40. The van der Waals surface area contributed by atoms with Gasteiger partial charge in [0.05, 0.1) is 12.8 Å². The topological polar surface area (TPSA) is 198 Å². The van der Waals surface area contributed by atoms with E-state index in [1.165, 1.54) is 0 Å². The summed E-state index contributed by atoms with van der Waals surface area (Å²) in [4.78, 5) is 30.5. The number of carboxylic acid groups (broad SMARTS) is 3. The zero-order valence-corrected chi connectivity index (χ0v) is 9.66. The van der Waals surface area contributed by atoms with Crippen LogP contribution in [0.25, 0.3) is 0 Å². The van der Waals surface area contributed by atoms with E-state index in [4.69, 9.17) is 33.0 Å². The molecule has 5 N–H and O–H groups in total. The van der Waals surface area contributed by atoms with Crippen molar-refractivity contribution in [3.8, 4) is 0 Å². The second kappa shape index (κ2) is 7.92. The molecular weight excluding hydrogens is 312 g/mol. The molecular formula is C6H9BrO10. The second-order valence-electron chi connectivity index (χ2n) is 2.68. The predicted molar refractivity (Wildman–Crippen MR) is 39.3 cm³/mol. The van der Waals surface area contributed by atoms with Crippen molar-refractivity contribution < 1.29 is 62.2 Å². The molecule has 0 heterocycles. The van der Waals surface area contributed by atoms with Crippen molar-refractivity contribution in [2.24, 2.45) is 0 Å². The molecule has 0 aromatic heterocycles. The van der Waals surface area contributed by atoms with Crippen LogP contribution in [-0.2, 0) is 14.4 Å². The van der Waals surface area contributed by atoms with Crippen molar-refractivity contribution in [3.63, 3.8) is 0 Å². The molecule has 0 aliphatic carbocycles. The van der Waals surface area contributed by atoms with E-state index in [1.807, 2.05) is 0 Å². The average molecular weight is 321 g/mol. The number of carbonyl (C=O) groups is 3. The lowest BCUT2D eigenvalue weighted by atomic mass is 9.96. The number of carboxylic acids is 3. The molecule has 0 aliphatic heterocycles. The van der Waals surface area contributed by atoms with E-state index in [0.717, 1.165) is 0 Å². The summed E-state index contributed by atoms with van der Waals surface area (Å²) in [5, 5.41) is 33.8. The second-order valence-corrected chi connectivity index (χ2v) is 3.52. The van der Waals surface area contributed by atoms with Gasteiger partial charge < -0.3 is 28.8 Å². The fourth-order valence-electron chi connectivity index (χ4n) is 0.714. The summed E-state index contributed by atoms with van der Waals surface area (Å²) in [6.07, 6.45) is -2.29. The maximum Gasteiger partial charge on any atom is 0.433 e. The third kappa shape index (κ3) is 11.0. The van der Waals surface area contributed by atoms with Gasteiger partial charge in [0.2, 0.25) is 0 Å². The van der Waals surface area contributed by atoms with Crippen molar-refractivity contribution in [1.82, 2.24) is 0 Å². The molecule has 0 amide bonds. The summed E-state index contributed by atoms with van der Waals surface area (Å²) in [6.45, 7) is 0. The molecule has 0 saturated heterocycles. The van der Waals surface area contributed by atoms with Gasteiger partial charge >= 0.3 is 32.7 Å². The molecule has 0 spiro atoms. The molecule has 0 radical (unpaired) electrons. The highest BCUT2D eigenvalue weighted by Crippen LogP contribution is 2.15. The van der Waals surface area contributed by atoms with Gasteiger partial charge in [0.25, 0.3) is 0 Å². The Hall–Kier alpha value is -1.27. The Bertz CT molecular complexity index is 268. The minimum absolute atomic E-state index is 1.14. The third-order valence-electron chi connectivity index (χ3n) is 1.29. The van der Waals surface area contributed by atoms with Crippen molar-refractivity contribution in [2.45, 2.75) is 18.4 Å². The van der Waals surface area contributed by atoms with E-state index in [-0.39, 0.29) is 0 Å². The SMILES string of the molecule is O=C(O)CC(O)(CC(=O)O)C(=O)O.[O-][Br+2]([O-])O. The van der Waals surface area contributed by atoms with Gasteiger partial charge in [-0.15, -0.1) is 0 Å². The van der Waals surface area contributed by atoms with Gasteiger partial charge in [0.1, 0.15) is 0 Å². The third-order valence-corrected chi connectivity index (χ3v) is 1.29. The van der Waals surface area contributed by atoms with Crippen LogP contribution in [0.5, 0.6) is 0 Å². The quantitative estimate of drug-likeness (QED) is 0.331. The van der Waals surface area contributed by atoms with Crippen molar-refractivity contribution >= 4 is 17.9 Å². The molecule has 0 aromatic rings. The molecule has 0 aliphatic rings. The first-order valence-corrected chi connectivity index (χ1v) is 5.65. The Kier molecular flexibility index (Phi) is 8.43. The van der Waals surface area contributed by atoms with Crippen LogP contribution in [0, 0.1) is 14.8 Å². The van der Waals surface area contributed by atoms with E-state index in [0.29, 0.717) is 0 Å². The van der Waals surface area contributed by atoms with Gasteiger partial charge in [0.15, 0.2) is 5.60 Å². The lowest BCUT2D eigenvalue weighted by Gasteiger charge is -2.18. The number of rotatable bonds is 5. The lowest BCUT2D eigenvalue weighted by Crippen LogP contribution is -2.42. The molecule has 0 rings (SSSR count). The van der Waals surface area contributed by atoms with Gasteiger partial charge in [-0.25, -0.2) is 4.79 Å². The largest absolute Gasteiger partial charge is 0.481 e. The molecule has 17 heavy (non-hydrogen) atoms. The predicted octanol–water partition coefficient (Wildman–Crippen LogP) is -4.18. The number of hydrogen-bond donors (Lipinski definition) is 5. The molecule has 0 fully saturated rings. The first-order chi connectivity index (χ1) is 7.51. The number of hydrogen-bond acceptors (Lipinski definition) is 7. The van der Waals surface area contributed by atoms with E-state index in [1.54, 1.807) is 0 Å². The molecule has 11 heteroatoms. The Labute approximate surface area is 99.2 Å². The smallest absolute Gasteiger partial charge is 0.433 e. The van der Waals surface area contributed by atoms with Gasteiger partial charge in [0, 0.05) is 0 Å². The van der Waals surface area contributed by atoms with Gasteiger partial charge in [-0.2, -0.15) is 0 Å². The van der Waals surface area contributed by atoms with Crippen LogP contribution in [0.2, 0.25) is 0 Å². The summed E-state index contributed by atoms with van der Waals surface area (Å²) in [6, 6.07) is 0. The molecule has 10 nitrogen and oxygen atoms in total. The summed E-state index contributed by atoms with van der Waals surface area (Å²) in [5.41, 5.74) is -2.74. The van der Waals surface area contributed by atoms with Crippen LogP contribution in [0.15, 0.2) is 0 Å². The van der Waals surface area contributed by atoms with Crippen LogP contribution in [0.1, 0.15) is 12.8 Å². The van der Waals surface area contributed by atoms with Crippen LogP contribution >= 0.6 is 0 Å². The highest BCUT2D eigenvalue weighted by Gasteiger charge is 2.40. The molecule has 0 unspecified atom stereocenters. The highest BCUT2D eigenvalue weighted by atomic mass is 80.0. The number of halogens is 1. The Balaban J connectivity index is 0. The van der Waals surface area contributed by atoms with Crippen molar-refractivity contribution in [2.75, 3.05) is 0 Å². The minimum Gasteiger partial charge on any atom is -0.481 e. The lowest BCUT2D eigenvalue weighted by molar-refractivity contribution is -1.63. The van der Waals surface area contributed by atoms with Crippen LogP contribution in [-0.4, -0.2) is 48.1 Å². The maximum absolute atomic E-state index is 10.3. The van der Waals surface area contributed by atoms with Crippen molar-refractivity contribution in [1.29, 1.82) is 0 Å². The first kappa shape index (κ1) is 18.1. The Morgan fingerprint density at radius 3 is 1.35 bits per heavy atom. The minimum atomic E-state index is -3.40. The summed E-state index contributed by atoms with van der Waals surface area (Å²) < 4.78 is 24.3. The van der Waals surface area contributed by atoms with Gasteiger partial charge in [-0.1, -0.05) is 0 Å². The average Bonchev–Trinajstić information content (AvgIpc) is 1.98. The summed E-state index contributed by atoms with van der Waals surface area (Å²) in [7, 11) is 0. The molecule has 0 bridgehead atoms. The Morgan fingerprint density at radius 1 is 1.00 bits per heavy atom. The monoisotopic (exact) mass is 320 g/mol. The molecule has 100 valence electrons. The van der Waals surface area contributed by atoms with E-state index in [2.05, 4.69) is 0 Å². The fourth-order valence-corrected chi connectivity index (χ4v) is 0.714. The van der Waals surface area contributed by atoms with Crippen LogP contribution in [0.4, 0.5) is 0 Å². The maximum atomic E-state index is 10.3. The van der Waals surface area contributed by atoms with Crippen molar-refractivity contribution in [3.05, 3.63) is 0 Å². The first-order valence-electron chi connectivity index (χ1n) is 3.65. The molecule has 0 aromatic carbocycles. The van der Waals surface area contributed by atoms with E-state index < -0.39 is 51.2 Å². The zero-order chi connectivity index (χ0) is 14.2. The van der Waals surface area contributed by atoms with Crippen LogP contribution < -0.4 is 8.40 Å². The van der Waals surface area contributed by atoms with Gasteiger partial charge in [-0.05, 0) is 4.20 Å². The highest BCUT2D eigenvalue weighted by molar-refractivity contribution is 5.88. The fraction of sp³-hybridized carbons (Fsp3) is 0.500. The Morgan fingerprint density at radius 2 is 1.24 bits per heavy atom.